The Labute approximate surface area is 102 Å². The van der Waals surface area contributed by atoms with Gasteiger partial charge in [-0.3, -0.25) is 10.1 Å². The molecule has 0 aliphatic heterocycles. The van der Waals surface area contributed by atoms with Crippen LogP contribution in [0.5, 0.6) is 0 Å². The second kappa shape index (κ2) is 4.71. The maximum Gasteiger partial charge on any atom is 0.429 e. The number of alkyl halides is 3. The summed E-state index contributed by atoms with van der Waals surface area (Å²) in [6.07, 6.45) is -3.13. The van der Waals surface area contributed by atoms with Gasteiger partial charge in [-0.1, -0.05) is 6.07 Å². The SMILES string of the molecule is FC(F)(F)c1n[n-]c(-c2ccccn2)n1.[Ir]. The van der Waals surface area contributed by atoms with E-state index in [1.54, 1.807) is 12.1 Å². The average molecular weight is 405 g/mol. The van der Waals surface area contributed by atoms with E-state index < -0.39 is 12.0 Å². The van der Waals surface area contributed by atoms with Gasteiger partial charge in [0.1, 0.15) is 5.82 Å². The quantitative estimate of drug-likeness (QED) is 0.722. The molecule has 0 saturated heterocycles. The molecule has 0 aromatic carbocycles. The van der Waals surface area contributed by atoms with Gasteiger partial charge in [-0.05, 0) is 18.0 Å². The predicted octanol–water partition coefficient (Wildman–Crippen LogP) is 1.51. The molecule has 0 atom stereocenters. The minimum Gasteiger partial charge on any atom is -0.413 e. The van der Waals surface area contributed by atoms with E-state index in [1.165, 1.54) is 12.3 Å². The first-order valence-corrected chi connectivity index (χ1v) is 3.93. The molecule has 0 aliphatic carbocycles. The molecule has 0 N–H and O–H groups in total. The fourth-order valence-corrected chi connectivity index (χ4v) is 0.963. The van der Waals surface area contributed by atoms with Gasteiger partial charge in [-0.2, -0.15) is 13.2 Å². The molecule has 0 bridgehead atoms. The van der Waals surface area contributed by atoms with E-state index >= 15 is 0 Å². The predicted molar refractivity (Wildman–Crippen MR) is 43.6 cm³/mol. The van der Waals surface area contributed by atoms with Crippen LogP contribution < -0.4 is 5.10 Å². The molecule has 0 saturated carbocycles. The smallest absolute Gasteiger partial charge is 0.413 e. The summed E-state index contributed by atoms with van der Waals surface area (Å²) in [4.78, 5) is 7.05. The summed E-state index contributed by atoms with van der Waals surface area (Å²) in [5.74, 6) is -1.37. The third-order valence-corrected chi connectivity index (χ3v) is 1.60. The van der Waals surface area contributed by atoms with Crippen molar-refractivity contribution in [3.05, 3.63) is 30.2 Å². The number of pyridine rings is 1. The number of rotatable bonds is 1. The third-order valence-electron chi connectivity index (χ3n) is 1.60. The van der Waals surface area contributed by atoms with Crippen LogP contribution in [0.1, 0.15) is 5.82 Å². The molecule has 16 heavy (non-hydrogen) atoms. The first-order chi connectivity index (χ1) is 7.07. The number of hydrogen-bond acceptors (Lipinski definition) is 3. The molecule has 0 fully saturated rings. The zero-order valence-corrected chi connectivity index (χ0v) is 9.96. The topological polar surface area (TPSA) is 52.8 Å². The Morgan fingerprint density at radius 3 is 2.44 bits per heavy atom. The van der Waals surface area contributed by atoms with Crippen LogP contribution in [0.4, 0.5) is 13.2 Å². The van der Waals surface area contributed by atoms with Crippen LogP contribution in [-0.2, 0) is 26.3 Å². The molecular weight excluding hydrogens is 401 g/mol. The Kier molecular flexibility index (Phi) is 3.77. The molecule has 2 aromatic rings. The van der Waals surface area contributed by atoms with Crippen molar-refractivity contribution in [2.45, 2.75) is 6.18 Å². The zero-order valence-electron chi connectivity index (χ0n) is 7.57. The van der Waals surface area contributed by atoms with Gasteiger partial charge in [0.15, 0.2) is 0 Å². The fraction of sp³-hybridized carbons (Fsp3) is 0.125. The van der Waals surface area contributed by atoms with Crippen molar-refractivity contribution in [2.75, 3.05) is 0 Å². The first kappa shape index (κ1) is 12.8. The summed E-state index contributed by atoms with van der Waals surface area (Å²) in [5.41, 5.74) is 0.264. The summed E-state index contributed by atoms with van der Waals surface area (Å²) in [7, 11) is 0. The summed E-state index contributed by atoms with van der Waals surface area (Å²) in [5, 5.41) is 6.25. The van der Waals surface area contributed by atoms with E-state index in [0.717, 1.165) is 0 Å². The van der Waals surface area contributed by atoms with E-state index in [9.17, 15) is 13.2 Å². The van der Waals surface area contributed by atoms with Crippen molar-refractivity contribution in [1.82, 2.24) is 20.2 Å². The Hall–Kier alpha value is -1.27. The van der Waals surface area contributed by atoms with Crippen LogP contribution in [0.3, 0.4) is 0 Å². The van der Waals surface area contributed by atoms with Crippen LogP contribution in [0, 0.1) is 0 Å². The summed E-state index contributed by atoms with van der Waals surface area (Å²) in [6, 6.07) is 4.79. The molecule has 1 radical (unpaired) electrons. The Bertz CT molecular complexity index is 454. The van der Waals surface area contributed by atoms with Gasteiger partial charge in [0.2, 0.25) is 0 Å². The van der Waals surface area contributed by atoms with Crippen LogP contribution in [0.25, 0.3) is 11.5 Å². The second-order valence-electron chi connectivity index (χ2n) is 2.67. The molecule has 0 unspecified atom stereocenters. The minimum absolute atomic E-state index is 0. The molecular formula is C8H4F3IrN4-. The van der Waals surface area contributed by atoms with Crippen molar-refractivity contribution in [3.8, 4) is 11.5 Å². The largest absolute Gasteiger partial charge is 0.429 e. The Balaban J connectivity index is 0.00000128. The number of halogens is 3. The molecule has 4 nitrogen and oxygen atoms in total. The van der Waals surface area contributed by atoms with Gasteiger partial charge in [-0.15, -0.1) is 0 Å². The zero-order chi connectivity index (χ0) is 10.9. The molecule has 0 amide bonds. The monoisotopic (exact) mass is 406 g/mol. The third kappa shape index (κ3) is 2.65. The van der Waals surface area contributed by atoms with E-state index in [1.807, 2.05) is 0 Å². The number of aromatic nitrogens is 4. The fourth-order valence-electron chi connectivity index (χ4n) is 0.963. The van der Waals surface area contributed by atoms with Gasteiger partial charge >= 0.3 is 6.18 Å². The summed E-state index contributed by atoms with van der Waals surface area (Å²) >= 11 is 0. The van der Waals surface area contributed by atoms with Gasteiger partial charge < -0.3 is 10.1 Å². The Morgan fingerprint density at radius 2 is 1.94 bits per heavy atom. The molecule has 2 rings (SSSR count). The van der Waals surface area contributed by atoms with Crippen LogP contribution in [0.15, 0.2) is 24.4 Å². The van der Waals surface area contributed by atoms with Gasteiger partial charge in [0.25, 0.3) is 0 Å². The second-order valence-corrected chi connectivity index (χ2v) is 2.67. The molecule has 0 aliphatic rings. The van der Waals surface area contributed by atoms with Gasteiger partial charge in [0, 0.05) is 26.3 Å². The molecule has 87 valence electrons. The number of nitrogens with zero attached hydrogens (tertiary/aromatic N) is 4. The van der Waals surface area contributed by atoms with Crippen LogP contribution in [0.2, 0.25) is 0 Å². The van der Waals surface area contributed by atoms with Crippen molar-refractivity contribution in [2.24, 2.45) is 0 Å². The normalized spacial score (nSPS) is 10.9. The van der Waals surface area contributed by atoms with E-state index in [0.29, 0.717) is 0 Å². The van der Waals surface area contributed by atoms with Gasteiger partial charge in [-0.25, -0.2) is 0 Å². The molecule has 0 spiro atoms. The van der Waals surface area contributed by atoms with E-state index in [4.69, 9.17) is 0 Å². The maximum atomic E-state index is 12.1. The van der Waals surface area contributed by atoms with Crippen molar-refractivity contribution < 1.29 is 33.3 Å². The van der Waals surface area contributed by atoms with Crippen molar-refractivity contribution in [1.29, 1.82) is 0 Å². The van der Waals surface area contributed by atoms with E-state index in [-0.39, 0.29) is 31.6 Å². The van der Waals surface area contributed by atoms with Crippen LogP contribution in [-0.4, -0.2) is 15.1 Å². The summed E-state index contributed by atoms with van der Waals surface area (Å²) in [6.45, 7) is 0. The maximum absolute atomic E-state index is 12.1. The standard InChI is InChI=1S/C8H4F3N4.Ir/c9-8(10,11)7-13-6(14-15-7)5-3-1-2-4-12-5;/h1-4H;/q-1;. The minimum atomic E-state index is -4.57. The van der Waals surface area contributed by atoms with E-state index in [2.05, 4.69) is 20.2 Å². The van der Waals surface area contributed by atoms with Gasteiger partial charge in [0.05, 0.1) is 5.69 Å². The van der Waals surface area contributed by atoms with Crippen LogP contribution >= 0.6 is 0 Å². The molecule has 8 heteroatoms. The van der Waals surface area contributed by atoms with Crippen molar-refractivity contribution in [3.63, 3.8) is 0 Å². The number of hydrogen-bond donors (Lipinski definition) is 0. The molecule has 2 aromatic heterocycles. The Morgan fingerprint density at radius 1 is 1.19 bits per heavy atom. The summed E-state index contributed by atoms with van der Waals surface area (Å²) < 4.78 is 36.4. The van der Waals surface area contributed by atoms with Crippen molar-refractivity contribution >= 4 is 0 Å². The first-order valence-electron chi connectivity index (χ1n) is 3.93. The molecule has 2 heterocycles. The average Bonchev–Trinajstić information content (AvgIpc) is 2.67.